The highest BCUT2D eigenvalue weighted by molar-refractivity contribution is 6.33. The average Bonchev–Trinajstić information content (AvgIpc) is 2.39. The molecule has 1 rings (SSSR count). The third kappa shape index (κ3) is 5.73. The molecule has 0 aromatic heterocycles. The van der Waals surface area contributed by atoms with Gasteiger partial charge in [0.1, 0.15) is 0 Å². The zero-order chi connectivity index (χ0) is 16.0. The van der Waals surface area contributed by atoms with Gasteiger partial charge in [0.15, 0.2) is 0 Å². The van der Waals surface area contributed by atoms with Crippen LogP contribution in [0.5, 0.6) is 0 Å². The number of nitrogens with zero attached hydrogens (tertiary/aromatic N) is 1. The largest absolute Gasteiger partial charge is 0.345 e. The van der Waals surface area contributed by atoms with E-state index in [4.69, 9.17) is 17.3 Å². The minimum Gasteiger partial charge on any atom is -0.345 e. The summed E-state index contributed by atoms with van der Waals surface area (Å²) in [5, 5.41) is 3.14. The molecule has 1 atom stereocenters. The fourth-order valence-corrected chi connectivity index (χ4v) is 1.97. The normalized spacial score (nSPS) is 11.9. The number of nitrogens with one attached hydrogen (secondary N) is 1. The van der Waals surface area contributed by atoms with Crippen LogP contribution in [-0.4, -0.2) is 36.9 Å². The SMILES string of the molecule is CC(N)CCCC(=O)Nc1cc(C(=O)N(C)C)ccc1Cl. The lowest BCUT2D eigenvalue weighted by molar-refractivity contribution is -0.116. The van der Waals surface area contributed by atoms with Gasteiger partial charge in [-0.15, -0.1) is 0 Å². The van der Waals surface area contributed by atoms with Crippen molar-refractivity contribution in [2.45, 2.75) is 32.2 Å². The lowest BCUT2D eigenvalue weighted by Crippen LogP contribution is -2.22. The molecule has 1 aromatic rings. The highest BCUT2D eigenvalue weighted by atomic mass is 35.5. The Balaban J connectivity index is 2.72. The van der Waals surface area contributed by atoms with E-state index < -0.39 is 0 Å². The summed E-state index contributed by atoms with van der Waals surface area (Å²) in [6, 6.07) is 4.92. The summed E-state index contributed by atoms with van der Waals surface area (Å²) in [6.45, 7) is 1.91. The molecule has 6 heteroatoms. The molecule has 0 heterocycles. The number of carbonyl (C=O) groups is 2. The van der Waals surface area contributed by atoms with E-state index in [0.717, 1.165) is 12.8 Å². The van der Waals surface area contributed by atoms with Gasteiger partial charge < -0.3 is 16.0 Å². The number of hydrogen-bond acceptors (Lipinski definition) is 3. The van der Waals surface area contributed by atoms with Crippen LogP contribution in [0.2, 0.25) is 5.02 Å². The molecule has 0 bridgehead atoms. The van der Waals surface area contributed by atoms with Gasteiger partial charge in [-0.2, -0.15) is 0 Å². The Kier molecular flexibility index (Phi) is 6.65. The smallest absolute Gasteiger partial charge is 0.253 e. The lowest BCUT2D eigenvalue weighted by Gasteiger charge is -2.13. The van der Waals surface area contributed by atoms with Crippen molar-refractivity contribution in [2.24, 2.45) is 5.73 Å². The summed E-state index contributed by atoms with van der Waals surface area (Å²) in [6.07, 6.45) is 1.89. The molecule has 1 aromatic carbocycles. The van der Waals surface area contributed by atoms with Gasteiger partial charge in [0, 0.05) is 32.1 Å². The van der Waals surface area contributed by atoms with Crippen LogP contribution in [-0.2, 0) is 4.79 Å². The molecule has 0 aliphatic carbocycles. The molecular formula is C15H22ClN3O2. The minimum atomic E-state index is -0.140. The van der Waals surface area contributed by atoms with Gasteiger partial charge in [-0.25, -0.2) is 0 Å². The Labute approximate surface area is 130 Å². The van der Waals surface area contributed by atoms with Gasteiger partial charge in [-0.3, -0.25) is 9.59 Å². The van der Waals surface area contributed by atoms with Gasteiger partial charge in [-0.05, 0) is 38.0 Å². The Morgan fingerprint density at radius 1 is 1.38 bits per heavy atom. The van der Waals surface area contributed by atoms with Crippen LogP contribution in [0.15, 0.2) is 18.2 Å². The Bertz CT molecular complexity index is 516. The summed E-state index contributed by atoms with van der Waals surface area (Å²) >= 11 is 6.05. The monoisotopic (exact) mass is 311 g/mol. The van der Waals surface area contributed by atoms with Crippen molar-refractivity contribution in [1.29, 1.82) is 0 Å². The molecule has 0 spiro atoms. The first-order chi connectivity index (χ1) is 9.81. The zero-order valence-corrected chi connectivity index (χ0v) is 13.4. The molecule has 21 heavy (non-hydrogen) atoms. The van der Waals surface area contributed by atoms with Crippen LogP contribution in [0.1, 0.15) is 36.5 Å². The molecule has 0 fully saturated rings. The average molecular weight is 312 g/mol. The molecule has 3 N–H and O–H groups in total. The molecule has 5 nitrogen and oxygen atoms in total. The summed E-state index contributed by atoms with van der Waals surface area (Å²) in [4.78, 5) is 25.2. The second-order valence-corrected chi connectivity index (χ2v) is 5.72. The highest BCUT2D eigenvalue weighted by Gasteiger charge is 2.12. The van der Waals surface area contributed by atoms with E-state index in [-0.39, 0.29) is 17.9 Å². The van der Waals surface area contributed by atoms with Crippen LogP contribution in [0.4, 0.5) is 5.69 Å². The molecule has 2 amide bonds. The number of benzene rings is 1. The summed E-state index contributed by atoms with van der Waals surface area (Å²) in [5.74, 6) is -0.272. The van der Waals surface area contributed by atoms with Crippen molar-refractivity contribution >= 4 is 29.1 Å². The number of anilines is 1. The molecular weight excluding hydrogens is 290 g/mol. The topological polar surface area (TPSA) is 75.4 Å². The van der Waals surface area contributed by atoms with Crippen molar-refractivity contribution in [3.63, 3.8) is 0 Å². The first-order valence-electron chi connectivity index (χ1n) is 6.88. The number of amides is 2. The third-order valence-electron chi connectivity index (χ3n) is 2.96. The van der Waals surface area contributed by atoms with Crippen molar-refractivity contribution < 1.29 is 9.59 Å². The molecule has 116 valence electrons. The number of nitrogens with two attached hydrogens (primary N) is 1. The fourth-order valence-electron chi connectivity index (χ4n) is 1.81. The van der Waals surface area contributed by atoms with E-state index >= 15 is 0 Å². The van der Waals surface area contributed by atoms with Crippen LogP contribution >= 0.6 is 11.6 Å². The predicted molar refractivity (Wildman–Crippen MR) is 85.6 cm³/mol. The maximum Gasteiger partial charge on any atom is 0.253 e. The highest BCUT2D eigenvalue weighted by Crippen LogP contribution is 2.24. The fraction of sp³-hybridized carbons (Fsp3) is 0.467. The Hall–Kier alpha value is -1.59. The molecule has 0 saturated carbocycles. The van der Waals surface area contributed by atoms with Crippen molar-refractivity contribution in [2.75, 3.05) is 19.4 Å². The summed E-state index contributed by atoms with van der Waals surface area (Å²) in [7, 11) is 3.34. The summed E-state index contributed by atoms with van der Waals surface area (Å²) < 4.78 is 0. The summed E-state index contributed by atoms with van der Waals surface area (Å²) in [5.41, 5.74) is 6.58. The molecule has 0 saturated heterocycles. The van der Waals surface area contributed by atoms with E-state index in [2.05, 4.69) is 5.32 Å². The van der Waals surface area contributed by atoms with E-state index in [9.17, 15) is 9.59 Å². The van der Waals surface area contributed by atoms with Crippen molar-refractivity contribution in [3.05, 3.63) is 28.8 Å². The maximum absolute atomic E-state index is 11.9. The molecule has 0 aliphatic heterocycles. The minimum absolute atomic E-state index is 0.0856. The molecule has 1 unspecified atom stereocenters. The van der Waals surface area contributed by atoms with Crippen molar-refractivity contribution in [1.82, 2.24) is 4.90 Å². The number of rotatable bonds is 6. The van der Waals surface area contributed by atoms with Crippen LogP contribution in [0, 0.1) is 0 Å². The predicted octanol–water partition coefficient (Wildman–Crippen LogP) is 2.50. The van der Waals surface area contributed by atoms with E-state index in [1.807, 2.05) is 6.92 Å². The van der Waals surface area contributed by atoms with Gasteiger partial charge in [-0.1, -0.05) is 11.6 Å². The van der Waals surface area contributed by atoms with E-state index in [1.54, 1.807) is 32.3 Å². The molecule has 0 aliphatic rings. The van der Waals surface area contributed by atoms with Crippen molar-refractivity contribution in [3.8, 4) is 0 Å². The third-order valence-corrected chi connectivity index (χ3v) is 3.29. The van der Waals surface area contributed by atoms with Gasteiger partial charge in [0.05, 0.1) is 10.7 Å². The van der Waals surface area contributed by atoms with Crippen LogP contribution in [0.25, 0.3) is 0 Å². The number of hydrogen-bond donors (Lipinski definition) is 2. The number of carbonyl (C=O) groups excluding carboxylic acids is 2. The van der Waals surface area contributed by atoms with Gasteiger partial charge in [0.2, 0.25) is 5.91 Å². The maximum atomic E-state index is 11.9. The lowest BCUT2D eigenvalue weighted by atomic mass is 10.1. The second-order valence-electron chi connectivity index (χ2n) is 5.31. The van der Waals surface area contributed by atoms with Gasteiger partial charge >= 0.3 is 0 Å². The zero-order valence-electron chi connectivity index (χ0n) is 12.6. The Morgan fingerprint density at radius 3 is 2.62 bits per heavy atom. The first kappa shape index (κ1) is 17.5. The van der Waals surface area contributed by atoms with Crippen LogP contribution < -0.4 is 11.1 Å². The van der Waals surface area contributed by atoms with E-state index in [1.165, 1.54) is 4.90 Å². The standard InChI is InChI=1S/C15H22ClN3O2/c1-10(17)5-4-6-14(20)18-13-9-11(7-8-12(13)16)15(21)19(2)3/h7-10H,4-6,17H2,1-3H3,(H,18,20). The molecule has 0 radical (unpaired) electrons. The first-order valence-corrected chi connectivity index (χ1v) is 7.25. The quantitative estimate of drug-likeness (QED) is 0.847. The van der Waals surface area contributed by atoms with E-state index in [0.29, 0.717) is 22.7 Å². The Morgan fingerprint density at radius 2 is 2.05 bits per heavy atom. The van der Waals surface area contributed by atoms with Crippen LogP contribution in [0.3, 0.4) is 0 Å². The van der Waals surface area contributed by atoms with Gasteiger partial charge in [0.25, 0.3) is 5.91 Å². The number of halogens is 1. The second kappa shape index (κ2) is 8.00.